The molecule has 1 aromatic heterocycles. The predicted molar refractivity (Wildman–Crippen MR) is 165 cm³/mol. The molecule has 5 aromatic rings. The maximum Gasteiger partial charge on any atom is 0.312 e. The van der Waals surface area contributed by atoms with Gasteiger partial charge in [-0.25, -0.2) is 0 Å². The fourth-order valence-electron chi connectivity index (χ4n) is 6.02. The van der Waals surface area contributed by atoms with Crippen molar-refractivity contribution in [1.82, 2.24) is 0 Å². The fraction of sp³-hybridized carbons (Fsp3) is 0.200. The molecule has 4 aromatic carbocycles. The Bertz CT molecular complexity index is 2100. The molecule has 0 spiro atoms. The van der Waals surface area contributed by atoms with Crippen molar-refractivity contribution < 1.29 is 48.6 Å². The van der Waals surface area contributed by atoms with Gasteiger partial charge in [-0.05, 0) is 53.1 Å². The fourth-order valence-corrected chi connectivity index (χ4v) is 6.02. The van der Waals surface area contributed by atoms with Crippen LogP contribution >= 0.6 is 0 Å². The standard InChI is InChI=1S/C35H28O11/c1-42-26-7-4-18(14-27(26)44-10-8-17-2-6-25-19(12-17)9-11-43-25)21-15-29(39)45-28-16-24(38)31-32(40)33(41)34(46-35(31)30(21)28)20-3-5-22(36)23(37)13-20/h2-7,12-14,16,21,36-38,41H,8-11,15H2,1H3. The Morgan fingerprint density at radius 2 is 1.72 bits per heavy atom. The Labute approximate surface area is 261 Å². The van der Waals surface area contributed by atoms with Gasteiger partial charge in [-0.3, -0.25) is 9.59 Å². The SMILES string of the molecule is COc1ccc(C2CC(=O)Oc3cc(O)c4c(=O)c(O)c(-c5ccc(O)c(O)c5)oc4c32)cc1OCCc1ccc2c(c1)CCO2. The molecule has 11 heteroatoms. The molecule has 234 valence electrons. The van der Waals surface area contributed by atoms with Gasteiger partial charge in [0.15, 0.2) is 28.8 Å². The average Bonchev–Trinajstić information content (AvgIpc) is 3.51. The van der Waals surface area contributed by atoms with E-state index in [1.807, 2.05) is 12.1 Å². The lowest BCUT2D eigenvalue weighted by atomic mass is 9.85. The highest BCUT2D eigenvalue weighted by Crippen LogP contribution is 2.48. The Kier molecular flexibility index (Phi) is 7.08. The number of phenolic OH excluding ortho intramolecular Hbond substituents is 3. The number of ether oxygens (including phenoxy) is 4. The second-order valence-electron chi connectivity index (χ2n) is 11.1. The van der Waals surface area contributed by atoms with Crippen molar-refractivity contribution >= 4 is 16.9 Å². The minimum atomic E-state index is -0.934. The molecule has 0 aliphatic carbocycles. The molecule has 0 radical (unpaired) electrons. The Hall–Kier alpha value is -5.84. The summed E-state index contributed by atoms with van der Waals surface area (Å²) in [5, 5.41) is 41.1. The summed E-state index contributed by atoms with van der Waals surface area (Å²) in [4.78, 5) is 26.2. The highest BCUT2D eigenvalue weighted by atomic mass is 16.5. The average molecular weight is 625 g/mol. The molecular formula is C35H28O11. The first-order chi connectivity index (χ1) is 22.2. The van der Waals surface area contributed by atoms with Gasteiger partial charge in [0.1, 0.15) is 28.2 Å². The topological polar surface area (TPSA) is 165 Å². The number of methoxy groups -OCH3 is 1. The van der Waals surface area contributed by atoms with Crippen molar-refractivity contribution in [3.8, 4) is 57.3 Å². The number of benzene rings is 4. The van der Waals surface area contributed by atoms with E-state index < -0.39 is 40.3 Å². The molecule has 0 saturated carbocycles. The number of carbonyl (C=O) groups excluding carboxylic acids is 1. The van der Waals surface area contributed by atoms with E-state index in [1.54, 1.807) is 18.2 Å². The zero-order chi connectivity index (χ0) is 32.1. The minimum absolute atomic E-state index is 0.0153. The van der Waals surface area contributed by atoms with Crippen LogP contribution in [-0.2, 0) is 17.6 Å². The van der Waals surface area contributed by atoms with Gasteiger partial charge >= 0.3 is 5.97 Å². The molecule has 3 heterocycles. The van der Waals surface area contributed by atoms with Crippen molar-refractivity contribution in [3.63, 3.8) is 0 Å². The predicted octanol–water partition coefficient (Wildman–Crippen LogP) is 5.29. The van der Waals surface area contributed by atoms with Crippen LogP contribution in [0.15, 0.2) is 69.9 Å². The smallest absolute Gasteiger partial charge is 0.312 e. The van der Waals surface area contributed by atoms with Gasteiger partial charge in [0.25, 0.3) is 0 Å². The first-order valence-electron chi connectivity index (χ1n) is 14.6. The Balaban J connectivity index is 1.30. The molecular weight excluding hydrogens is 596 g/mol. The minimum Gasteiger partial charge on any atom is -0.507 e. The highest BCUT2D eigenvalue weighted by molar-refractivity contribution is 5.94. The molecule has 4 N–H and O–H groups in total. The van der Waals surface area contributed by atoms with E-state index in [1.165, 1.54) is 24.8 Å². The quantitative estimate of drug-likeness (QED) is 0.106. The van der Waals surface area contributed by atoms with Gasteiger partial charge in [0, 0.05) is 36.0 Å². The van der Waals surface area contributed by atoms with Crippen LogP contribution in [0.4, 0.5) is 0 Å². The van der Waals surface area contributed by atoms with E-state index in [-0.39, 0.29) is 34.5 Å². The maximum absolute atomic E-state index is 13.4. The van der Waals surface area contributed by atoms with Crippen molar-refractivity contribution in [3.05, 3.63) is 93.1 Å². The molecule has 0 saturated heterocycles. The number of fused-ring (bicyclic) bond motifs is 4. The van der Waals surface area contributed by atoms with Crippen molar-refractivity contribution in [2.45, 2.75) is 25.2 Å². The van der Waals surface area contributed by atoms with Gasteiger partial charge in [-0.1, -0.05) is 18.2 Å². The van der Waals surface area contributed by atoms with Gasteiger partial charge in [0.2, 0.25) is 11.2 Å². The van der Waals surface area contributed by atoms with E-state index in [0.29, 0.717) is 42.3 Å². The van der Waals surface area contributed by atoms with E-state index >= 15 is 0 Å². The number of hydrogen-bond acceptors (Lipinski definition) is 11. The van der Waals surface area contributed by atoms with Crippen LogP contribution in [0.2, 0.25) is 0 Å². The van der Waals surface area contributed by atoms with Gasteiger partial charge < -0.3 is 43.8 Å². The largest absolute Gasteiger partial charge is 0.507 e. The van der Waals surface area contributed by atoms with Crippen LogP contribution in [0.5, 0.6) is 46.0 Å². The number of hydrogen-bond donors (Lipinski definition) is 4. The summed E-state index contributed by atoms with van der Waals surface area (Å²) in [5.74, 6) is -2.06. The van der Waals surface area contributed by atoms with Crippen molar-refractivity contribution in [1.29, 1.82) is 0 Å². The third-order valence-corrected chi connectivity index (χ3v) is 8.30. The first kappa shape index (κ1) is 28.9. The molecule has 46 heavy (non-hydrogen) atoms. The second kappa shape index (κ2) is 11.3. The number of carbonyl (C=O) groups is 1. The zero-order valence-corrected chi connectivity index (χ0v) is 24.5. The number of esters is 1. The molecule has 2 aliphatic rings. The lowest BCUT2D eigenvalue weighted by Gasteiger charge is -2.26. The van der Waals surface area contributed by atoms with E-state index in [0.717, 1.165) is 29.9 Å². The van der Waals surface area contributed by atoms with E-state index in [9.17, 15) is 30.0 Å². The summed E-state index contributed by atoms with van der Waals surface area (Å²) in [6, 6.07) is 16.1. The first-order valence-corrected chi connectivity index (χ1v) is 14.6. The van der Waals surface area contributed by atoms with Crippen LogP contribution in [-0.4, -0.2) is 46.7 Å². The third-order valence-electron chi connectivity index (χ3n) is 8.30. The summed E-state index contributed by atoms with van der Waals surface area (Å²) in [5.41, 5.74) is 2.23. The van der Waals surface area contributed by atoms with Crippen molar-refractivity contribution in [2.75, 3.05) is 20.3 Å². The summed E-state index contributed by atoms with van der Waals surface area (Å²) < 4.78 is 28.9. The van der Waals surface area contributed by atoms with Crippen LogP contribution < -0.4 is 24.4 Å². The summed E-state index contributed by atoms with van der Waals surface area (Å²) in [7, 11) is 1.52. The highest BCUT2D eigenvalue weighted by Gasteiger charge is 2.35. The van der Waals surface area contributed by atoms with Crippen LogP contribution in [0.3, 0.4) is 0 Å². The molecule has 0 bridgehead atoms. The summed E-state index contributed by atoms with van der Waals surface area (Å²) >= 11 is 0. The molecule has 2 aliphatic heterocycles. The molecule has 1 unspecified atom stereocenters. The Morgan fingerprint density at radius 1 is 0.870 bits per heavy atom. The van der Waals surface area contributed by atoms with Gasteiger partial charge in [0.05, 0.1) is 26.7 Å². The monoisotopic (exact) mass is 624 g/mol. The summed E-state index contributed by atoms with van der Waals surface area (Å²) in [6.07, 6.45) is 1.37. The number of rotatable bonds is 7. The normalized spacial score (nSPS) is 15.2. The third kappa shape index (κ3) is 4.95. The number of aromatic hydroxyl groups is 4. The lowest BCUT2D eigenvalue weighted by molar-refractivity contribution is -0.135. The number of phenols is 3. The van der Waals surface area contributed by atoms with Gasteiger partial charge in [-0.2, -0.15) is 0 Å². The lowest BCUT2D eigenvalue weighted by Crippen LogP contribution is -2.22. The van der Waals surface area contributed by atoms with E-state index in [2.05, 4.69) is 6.07 Å². The molecule has 11 nitrogen and oxygen atoms in total. The van der Waals surface area contributed by atoms with Crippen LogP contribution in [0.25, 0.3) is 22.3 Å². The molecule has 0 fully saturated rings. The maximum atomic E-state index is 13.4. The van der Waals surface area contributed by atoms with Crippen molar-refractivity contribution in [2.24, 2.45) is 0 Å². The molecule has 7 rings (SSSR count). The van der Waals surface area contributed by atoms with Crippen LogP contribution in [0, 0.1) is 0 Å². The molecule has 1 atom stereocenters. The second-order valence-corrected chi connectivity index (χ2v) is 11.1. The Morgan fingerprint density at radius 3 is 2.52 bits per heavy atom. The molecule has 0 amide bonds. The zero-order valence-electron chi connectivity index (χ0n) is 24.5. The van der Waals surface area contributed by atoms with E-state index in [4.69, 9.17) is 23.4 Å². The summed E-state index contributed by atoms with van der Waals surface area (Å²) in [6.45, 7) is 1.02. The van der Waals surface area contributed by atoms with Gasteiger partial charge in [-0.15, -0.1) is 0 Å². The van der Waals surface area contributed by atoms with Crippen LogP contribution in [0.1, 0.15) is 34.6 Å².